The summed E-state index contributed by atoms with van der Waals surface area (Å²) in [4.78, 5) is -2.45. The minimum absolute atomic E-state index is 0.0143. The number of anilines is 2. The van der Waals surface area contributed by atoms with Crippen molar-refractivity contribution >= 4 is 86.0 Å². The van der Waals surface area contributed by atoms with E-state index in [-0.39, 0.29) is 56.1 Å². The maximum atomic E-state index is 12.0. The first-order valence-electron chi connectivity index (χ1n) is 15.5. The van der Waals surface area contributed by atoms with E-state index in [4.69, 9.17) is 20.9 Å². The lowest BCUT2D eigenvalue weighted by Gasteiger charge is -2.13. The van der Waals surface area contributed by atoms with Crippen molar-refractivity contribution in [2.24, 2.45) is 20.5 Å². The lowest BCUT2D eigenvalue weighted by molar-refractivity contribution is 0.415. The van der Waals surface area contributed by atoms with Crippen molar-refractivity contribution in [3.8, 4) is 34.1 Å². The average Bonchev–Trinajstić information content (AvgIpc) is 3.12. The zero-order valence-corrected chi connectivity index (χ0v) is 31.1. The van der Waals surface area contributed by atoms with Gasteiger partial charge in [0, 0.05) is 16.5 Å². The number of nitrogens with two attached hydrogens (primary N) is 2. The van der Waals surface area contributed by atoms with Crippen LogP contribution >= 0.6 is 0 Å². The summed E-state index contributed by atoms with van der Waals surface area (Å²) in [6.45, 7) is 0. The second kappa shape index (κ2) is 14.3. The van der Waals surface area contributed by atoms with Crippen molar-refractivity contribution < 1.29 is 58.6 Å². The standard InChI is InChI=1S/C34H28N6O13S3/c1-52-25-13-16(3-8-21(25)37-39-23-10-5-18-27(54(43,44)45)12-7-20(35)30(18)33(23)41)17-4-9-22(26(14-17)53-2)38-40-24-11-6-19-28(55(46,47)48)15-29(56(49,50)51)32(36)31(19)34(24)42/h3-15,41-42H,35-36H2,1-2H3,(H,43,44,45)(H,46,47,48)(H,49,50,51). The van der Waals surface area contributed by atoms with Crippen LogP contribution < -0.4 is 20.9 Å². The molecule has 0 aromatic heterocycles. The number of phenols is 2. The first kappa shape index (κ1) is 39.3. The second-order valence-corrected chi connectivity index (χ2v) is 15.9. The normalized spacial score (nSPS) is 12.6. The Kier molecular flexibility index (Phi) is 10.1. The van der Waals surface area contributed by atoms with Crippen molar-refractivity contribution in [3.05, 3.63) is 78.9 Å². The maximum Gasteiger partial charge on any atom is 0.296 e. The van der Waals surface area contributed by atoms with E-state index in [1.165, 1.54) is 38.5 Å². The van der Waals surface area contributed by atoms with Gasteiger partial charge in [-0.2, -0.15) is 25.3 Å². The van der Waals surface area contributed by atoms with Gasteiger partial charge in [-0.05, 0) is 65.7 Å². The van der Waals surface area contributed by atoms with Gasteiger partial charge in [-0.3, -0.25) is 13.7 Å². The Morgan fingerprint density at radius 3 is 1.36 bits per heavy atom. The van der Waals surface area contributed by atoms with Gasteiger partial charge in [0.2, 0.25) is 0 Å². The number of fused-ring (bicyclic) bond motifs is 2. The van der Waals surface area contributed by atoms with Crippen molar-refractivity contribution in [3.63, 3.8) is 0 Å². The molecule has 0 aliphatic rings. The molecule has 22 heteroatoms. The molecule has 0 bridgehead atoms. The highest BCUT2D eigenvalue weighted by Gasteiger charge is 2.27. The van der Waals surface area contributed by atoms with Crippen molar-refractivity contribution in [1.29, 1.82) is 0 Å². The summed E-state index contributed by atoms with van der Waals surface area (Å²) in [5.74, 6) is -0.792. The third kappa shape index (κ3) is 7.34. The lowest BCUT2D eigenvalue weighted by atomic mass is 10.0. The molecule has 0 amide bonds. The van der Waals surface area contributed by atoms with E-state index in [0.29, 0.717) is 17.2 Å². The topological polar surface area (TPSA) is 324 Å². The number of rotatable bonds is 10. The number of phenolic OH excluding ortho intramolecular Hbond substituents is 2. The Morgan fingerprint density at radius 1 is 0.500 bits per heavy atom. The van der Waals surface area contributed by atoms with Crippen LogP contribution in [0, 0.1) is 0 Å². The number of methoxy groups -OCH3 is 2. The molecule has 0 radical (unpaired) electrons. The van der Waals surface area contributed by atoms with Gasteiger partial charge >= 0.3 is 0 Å². The van der Waals surface area contributed by atoms with Gasteiger partial charge in [-0.25, -0.2) is 0 Å². The highest BCUT2D eigenvalue weighted by atomic mass is 32.2. The van der Waals surface area contributed by atoms with Gasteiger partial charge in [-0.15, -0.1) is 20.5 Å². The molecule has 0 unspecified atom stereocenters. The number of nitrogen functional groups attached to an aromatic ring is 2. The van der Waals surface area contributed by atoms with E-state index in [0.717, 1.165) is 18.2 Å². The summed E-state index contributed by atoms with van der Waals surface area (Å²) in [6, 6.07) is 17.4. The van der Waals surface area contributed by atoms with Crippen molar-refractivity contribution in [2.45, 2.75) is 14.7 Å². The molecule has 56 heavy (non-hydrogen) atoms. The molecule has 0 saturated heterocycles. The SMILES string of the molecule is COc1cc(-c2ccc(N=Nc3ccc4c(S(=O)(=O)O)cc(S(=O)(=O)O)c(N)c4c3O)c(OC)c2)ccc1N=Nc1ccc2c(S(=O)(=O)O)ccc(N)c2c1O. The molecule has 0 heterocycles. The summed E-state index contributed by atoms with van der Waals surface area (Å²) in [5, 5.41) is 37.3. The van der Waals surface area contributed by atoms with E-state index in [1.54, 1.807) is 30.3 Å². The van der Waals surface area contributed by atoms with Gasteiger partial charge in [0.1, 0.15) is 48.9 Å². The molecule has 290 valence electrons. The van der Waals surface area contributed by atoms with Gasteiger partial charge in [-0.1, -0.05) is 24.3 Å². The minimum atomic E-state index is -5.10. The molecule has 6 aromatic rings. The van der Waals surface area contributed by atoms with Crippen LogP contribution in [0.5, 0.6) is 23.0 Å². The third-order valence-corrected chi connectivity index (χ3v) is 11.1. The summed E-state index contributed by atoms with van der Waals surface area (Å²) >= 11 is 0. The molecule has 6 rings (SSSR count). The highest BCUT2D eigenvalue weighted by Crippen LogP contribution is 2.45. The fourth-order valence-electron chi connectivity index (χ4n) is 5.78. The number of azo groups is 2. The summed E-state index contributed by atoms with van der Waals surface area (Å²) < 4.78 is 111. The number of nitrogens with zero attached hydrogens (tertiary/aromatic N) is 4. The number of hydrogen-bond donors (Lipinski definition) is 7. The maximum absolute atomic E-state index is 12.0. The molecule has 0 atom stereocenters. The predicted molar refractivity (Wildman–Crippen MR) is 203 cm³/mol. The van der Waals surface area contributed by atoms with Crippen LogP contribution in [0.3, 0.4) is 0 Å². The van der Waals surface area contributed by atoms with E-state index in [9.17, 15) is 49.1 Å². The molecule has 0 aliphatic carbocycles. The highest BCUT2D eigenvalue weighted by molar-refractivity contribution is 7.87. The second-order valence-electron chi connectivity index (χ2n) is 11.7. The van der Waals surface area contributed by atoms with Gasteiger partial charge in [0.05, 0.1) is 30.7 Å². The zero-order valence-electron chi connectivity index (χ0n) is 28.7. The summed E-state index contributed by atoms with van der Waals surface area (Å²) in [5.41, 5.74) is 12.5. The number of hydrogen-bond acceptors (Lipinski definition) is 16. The summed E-state index contributed by atoms with van der Waals surface area (Å²) in [6.07, 6.45) is 0. The zero-order chi connectivity index (χ0) is 40.9. The Balaban J connectivity index is 1.32. The Labute approximate surface area is 317 Å². The summed E-state index contributed by atoms with van der Waals surface area (Å²) in [7, 11) is -12.0. The molecule has 0 aliphatic heterocycles. The van der Waals surface area contributed by atoms with Gasteiger partial charge in [0.25, 0.3) is 30.4 Å². The van der Waals surface area contributed by atoms with Crippen LogP contribution in [0.15, 0.2) is 114 Å². The molecule has 19 nitrogen and oxygen atoms in total. The van der Waals surface area contributed by atoms with Gasteiger partial charge in [0.15, 0.2) is 11.5 Å². The largest absolute Gasteiger partial charge is 0.505 e. The van der Waals surface area contributed by atoms with Crippen LogP contribution in [-0.2, 0) is 30.4 Å². The van der Waals surface area contributed by atoms with Crippen LogP contribution in [0.25, 0.3) is 32.7 Å². The fraction of sp³-hybridized carbons (Fsp3) is 0.0588. The molecule has 0 saturated carbocycles. The van der Waals surface area contributed by atoms with E-state index >= 15 is 0 Å². The van der Waals surface area contributed by atoms with E-state index < -0.39 is 67.6 Å². The quantitative estimate of drug-likeness (QED) is 0.0423. The Bertz CT molecular complexity index is 3030. The van der Waals surface area contributed by atoms with Crippen LogP contribution in [-0.4, -0.2) is 63.3 Å². The molecule has 9 N–H and O–H groups in total. The van der Waals surface area contributed by atoms with E-state index in [1.807, 2.05) is 0 Å². The fourth-order valence-corrected chi connectivity index (χ4v) is 7.90. The third-order valence-electron chi connectivity index (χ3n) is 8.40. The number of aromatic hydroxyl groups is 2. The van der Waals surface area contributed by atoms with Crippen LogP contribution in [0.2, 0.25) is 0 Å². The monoisotopic (exact) mass is 824 g/mol. The molecular formula is C34H28N6O13S3. The lowest BCUT2D eigenvalue weighted by Crippen LogP contribution is -2.08. The first-order chi connectivity index (χ1) is 26.2. The van der Waals surface area contributed by atoms with Crippen molar-refractivity contribution in [2.75, 3.05) is 25.7 Å². The van der Waals surface area contributed by atoms with Crippen molar-refractivity contribution in [1.82, 2.24) is 0 Å². The predicted octanol–water partition coefficient (Wildman–Crippen LogP) is 6.82. The van der Waals surface area contributed by atoms with Gasteiger partial charge < -0.3 is 31.2 Å². The van der Waals surface area contributed by atoms with Crippen LogP contribution in [0.4, 0.5) is 34.1 Å². The molecule has 0 fully saturated rings. The molecular weight excluding hydrogens is 797 g/mol. The Morgan fingerprint density at radius 2 is 0.911 bits per heavy atom. The minimum Gasteiger partial charge on any atom is -0.505 e. The molecule has 6 aromatic carbocycles. The smallest absolute Gasteiger partial charge is 0.296 e. The van der Waals surface area contributed by atoms with Crippen LogP contribution in [0.1, 0.15) is 0 Å². The van der Waals surface area contributed by atoms with E-state index in [2.05, 4.69) is 20.5 Å². The first-order valence-corrected chi connectivity index (χ1v) is 19.8. The number of ether oxygens (including phenoxy) is 2. The average molecular weight is 825 g/mol. The molecule has 0 spiro atoms. The Hall–Kier alpha value is -6.43. The number of benzene rings is 6.